The van der Waals surface area contributed by atoms with Crippen LogP contribution in [0.1, 0.15) is 49.9 Å². The average Bonchev–Trinajstić information content (AvgIpc) is 2.52. The number of hydrogen-bond donors (Lipinski definition) is 0. The fourth-order valence-electron chi connectivity index (χ4n) is 2.91. The van der Waals surface area contributed by atoms with Crippen molar-refractivity contribution >= 4 is 33.3 Å². The minimum atomic E-state index is -0.668. The fraction of sp³-hybridized carbons (Fsp3) is 0.562. The normalized spacial score (nSPS) is 19.3. The van der Waals surface area contributed by atoms with Gasteiger partial charge in [0.25, 0.3) is 0 Å². The maximum absolute atomic E-state index is 14.3. The van der Waals surface area contributed by atoms with Gasteiger partial charge in [-0.05, 0) is 67.3 Å². The van der Waals surface area contributed by atoms with Crippen molar-refractivity contribution in [2.75, 3.05) is 13.1 Å². The molecule has 1 aromatic carbocycles. The molecule has 1 aromatic rings. The number of carbonyl (C=O) groups is 1. The van der Waals surface area contributed by atoms with Crippen LogP contribution in [0.15, 0.2) is 16.6 Å². The molecule has 0 aromatic heterocycles. The van der Waals surface area contributed by atoms with E-state index in [1.807, 2.05) is 13.8 Å². The Morgan fingerprint density at radius 2 is 2.00 bits per heavy atom. The summed E-state index contributed by atoms with van der Waals surface area (Å²) < 4.78 is 14.8. The van der Waals surface area contributed by atoms with Crippen LogP contribution in [0.5, 0.6) is 0 Å². The van der Waals surface area contributed by atoms with Crippen molar-refractivity contribution in [3.63, 3.8) is 0 Å². The average molecular weight is 377 g/mol. The van der Waals surface area contributed by atoms with Crippen LogP contribution >= 0.6 is 27.5 Å². The van der Waals surface area contributed by atoms with Gasteiger partial charge >= 0.3 is 0 Å². The van der Waals surface area contributed by atoms with Crippen molar-refractivity contribution in [2.45, 2.75) is 45.1 Å². The molecule has 1 aliphatic heterocycles. The van der Waals surface area contributed by atoms with Crippen LogP contribution in [0.2, 0.25) is 5.02 Å². The molecule has 1 saturated heterocycles. The van der Waals surface area contributed by atoms with Crippen molar-refractivity contribution in [3.05, 3.63) is 33.0 Å². The molecule has 0 amide bonds. The Hall–Kier alpha value is -0.450. The molecular weight excluding hydrogens is 357 g/mol. The van der Waals surface area contributed by atoms with E-state index in [2.05, 4.69) is 20.8 Å². The molecule has 0 saturated carbocycles. The number of rotatable bonds is 4. The van der Waals surface area contributed by atoms with Gasteiger partial charge in [-0.3, -0.25) is 9.69 Å². The van der Waals surface area contributed by atoms with E-state index in [0.29, 0.717) is 10.9 Å². The molecule has 0 radical (unpaired) electrons. The lowest BCUT2D eigenvalue weighted by Gasteiger charge is -2.42. The second-order valence-corrected chi connectivity index (χ2v) is 6.96. The van der Waals surface area contributed by atoms with E-state index in [0.717, 1.165) is 25.9 Å². The van der Waals surface area contributed by atoms with Gasteiger partial charge in [-0.2, -0.15) is 0 Å². The Balaban J connectivity index is 2.38. The molecule has 21 heavy (non-hydrogen) atoms. The summed E-state index contributed by atoms with van der Waals surface area (Å²) in [6.07, 6.45) is 4.03. The van der Waals surface area contributed by atoms with E-state index in [1.54, 1.807) is 6.07 Å². The van der Waals surface area contributed by atoms with Crippen LogP contribution in [0, 0.1) is 5.82 Å². The fourth-order valence-corrected chi connectivity index (χ4v) is 3.38. The smallest absolute Gasteiger partial charge is 0.185 e. The summed E-state index contributed by atoms with van der Waals surface area (Å²) >= 11 is 9.10. The molecule has 0 spiro atoms. The predicted octanol–water partition coefficient (Wildman–Crippen LogP) is 5.08. The first-order valence-corrected chi connectivity index (χ1v) is 8.52. The van der Waals surface area contributed by atoms with Crippen molar-refractivity contribution < 1.29 is 9.18 Å². The maximum atomic E-state index is 14.3. The second kappa shape index (κ2) is 6.76. The third kappa shape index (κ3) is 3.17. The van der Waals surface area contributed by atoms with Crippen molar-refractivity contribution in [1.29, 1.82) is 0 Å². The lowest BCUT2D eigenvalue weighted by Crippen LogP contribution is -2.54. The topological polar surface area (TPSA) is 20.3 Å². The summed E-state index contributed by atoms with van der Waals surface area (Å²) in [4.78, 5) is 15.1. The van der Waals surface area contributed by atoms with Crippen LogP contribution in [0.4, 0.5) is 4.39 Å². The van der Waals surface area contributed by atoms with Gasteiger partial charge in [-0.15, -0.1) is 0 Å². The summed E-state index contributed by atoms with van der Waals surface area (Å²) in [5, 5.41) is -0.0297. The number of Topliss-reactive ketones (excluding diaryl/α,β-unsaturated/α-hetero) is 1. The van der Waals surface area contributed by atoms with E-state index in [-0.39, 0.29) is 16.4 Å². The summed E-state index contributed by atoms with van der Waals surface area (Å²) in [7, 11) is 0. The van der Waals surface area contributed by atoms with Crippen molar-refractivity contribution in [3.8, 4) is 0 Å². The standard InChI is InChI=1S/C16H20BrClFNO/c1-3-16(2,20-9-5-4-6-10-20)15(21)11-7-8-12(17)13(18)14(11)19/h7-8H,3-6,9-10H2,1-2H3. The van der Waals surface area contributed by atoms with E-state index < -0.39 is 11.4 Å². The Labute approximate surface area is 138 Å². The van der Waals surface area contributed by atoms with Gasteiger partial charge in [-0.1, -0.05) is 24.9 Å². The van der Waals surface area contributed by atoms with Crippen molar-refractivity contribution in [1.82, 2.24) is 4.90 Å². The van der Waals surface area contributed by atoms with Crippen LogP contribution in [-0.2, 0) is 0 Å². The van der Waals surface area contributed by atoms with E-state index in [4.69, 9.17) is 11.6 Å². The first-order valence-electron chi connectivity index (χ1n) is 7.35. The number of carbonyl (C=O) groups excluding carboxylic acids is 1. The van der Waals surface area contributed by atoms with Crippen LogP contribution in [-0.4, -0.2) is 29.3 Å². The lowest BCUT2D eigenvalue weighted by molar-refractivity contribution is 0.0501. The van der Waals surface area contributed by atoms with Gasteiger partial charge in [0.1, 0.15) is 0 Å². The van der Waals surface area contributed by atoms with Crippen LogP contribution < -0.4 is 0 Å². The monoisotopic (exact) mass is 375 g/mol. The maximum Gasteiger partial charge on any atom is 0.185 e. The minimum absolute atomic E-state index is 0.0297. The first kappa shape index (κ1) is 16.9. The highest BCUT2D eigenvalue weighted by Crippen LogP contribution is 2.33. The van der Waals surface area contributed by atoms with Crippen molar-refractivity contribution in [2.24, 2.45) is 0 Å². The Bertz CT molecular complexity index is 545. The molecule has 0 aliphatic carbocycles. The second-order valence-electron chi connectivity index (χ2n) is 5.73. The Morgan fingerprint density at radius 3 is 2.57 bits per heavy atom. The first-order chi connectivity index (χ1) is 9.91. The quantitative estimate of drug-likeness (QED) is 0.539. The largest absolute Gasteiger partial charge is 0.292 e. The zero-order chi connectivity index (χ0) is 15.6. The van der Waals surface area contributed by atoms with Crippen LogP contribution in [0.25, 0.3) is 0 Å². The van der Waals surface area contributed by atoms with Gasteiger partial charge in [0.2, 0.25) is 0 Å². The number of likely N-dealkylation sites (tertiary alicyclic amines) is 1. The van der Waals surface area contributed by atoms with Gasteiger partial charge < -0.3 is 0 Å². The molecule has 1 heterocycles. The number of nitrogens with zero attached hydrogens (tertiary/aromatic N) is 1. The van der Waals surface area contributed by atoms with E-state index in [9.17, 15) is 9.18 Å². The minimum Gasteiger partial charge on any atom is -0.292 e. The molecule has 1 unspecified atom stereocenters. The molecule has 1 fully saturated rings. The summed E-state index contributed by atoms with van der Waals surface area (Å²) in [5.41, 5.74) is -0.587. The molecule has 5 heteroatoms. The zero-order valence-corrected chi connectivity index (χ0v) is 14.7. The number of ketones is 1. The molecule has 1 atom stereocenters. The third-order valence-corrected chi connectivity index (χ3v) is 5.77. The van der Waals surface area contributed by atoms with Gasteiger partial charge in [0.15, 0.2) is 11.6 Å². The molecule has 2 rings (SSSR count). The molecule has 116 valence electrons. The van der Waals surface area contributed by atoms with Gasteiger partial charge in [0, 0.05) is 4.47 Å². The number of hydrogen-bond acceptors (Lipinski definition) is 2. The van der Waals surface area contributed by atoms with Crippen LogP contribution in [0.3, 0.4) is 0 Å². The molecule has 0 N–H and O–H groups in total. The summed E-state index contributed by atoms with van der Waals surface area (Å²) in [6.45, 7) is 5.67. The highest BCUT2D eigenvalue weighted by Gasteiger charge is 2.40. The molecular formula is C16H20BrClFNO. The number of halogens is 3. The molecule has 0 bridgehead atoms. The predicted molar refractivity (Wildman–Crippen MR) is 87.6 cm³/mol. The number of benzene rings is 1. The summed E-state index contributed by atoms with van der Waals surface area (Å²) in [5.74, 6) is -0.813. The van der Waals surface area contributed by atoms with Gasteiger partial charge in [-0.25, -0.2) is 4.39 Å². The van der Waals surface area contributed by atoms with E-state index >= 15 is 0 Å². The SMILES string of the molecule is CCC(C)(C(=O)c1ccc(Br)c(Cl)c1F)N1CCCCC1. The van der Waals surface area contributed by atoms with E-state index in [1.165, 1.54) is 12.5 Å². The Morgan fingerprint density at radius 1 is 1.38 bits per heavy atom. The Kier molecular flexibility index (Phi) is 5.44. The number of piperidine rings is 1. The molecule has 2 nitrogen and oxygen atoms in total. The zero-order valence-electron chi connectivity index (χ0n) is 12.4. The third-order valence-electron chi connectivity index (χ3n) is 4.51. The van der Waals surface area contributed by atoms with Gasteiger partial charge in [0.05, 0.1) is 16.1 Å². The highest BCUT2D eigenvalue weighted by atomic mass is 79.9. The lowest BCUT2D eigenvalue weighted by atomic mass is 9.85. The summed E-state index contributed by atoms with van der Waals surface area (Å²) in [6, 6.07) is 3.15. The molecule has 1 aliphatic rings. The highest BCUT2D eigenvalue weighted by molar-refractivity contribution is 9.10.